The van der Waals surface area contributed by atoms with Crippen molar-refractivity contribution in [1.29, 1.82) is 0 Å². The van der Waals surface area contributed by atoms with Crippen LogP contribution in [0.25, 0.3) is 0 Å². The lowest BCUT2D eigenvalue weighted by atomic mass is 9.76. The van der Waals surface area contributed by atoms with Gasteiger partial charge in [0.2, 0.25) is 0 Å². The first kappa shape index (κ1) is 19.4. The fourth-order valence-corrected chi connectivity index (χ4v) is 3.95. The molecule has 2 fully saturated rings. The number of aliphatic hydroxyl groups excluding tert-OH is 1. The quantitative estimate of drug-likeness (QED) is 0.691. The number of rotatable bonds is 6. The van der Waals surface area contributed by atoms with Crippen molar-refractivity contribution in [2.75, 3.05) is 26.2 Å². The first-order chi connectivity index (χ1) is 11.4. The molecule has 3 N–H and O–H groups in total. The molecule has 0 aromatic rings. The van der Waals surface area contributed by atoms with Gasteiger partial charge >= 0.3 is 6.03 Å². The zero-order valence-electron chi connectivity index (χ0n) is 14.6. The Morgan fingerprint density at radius 2 is 1.83 bits per heavy atom. The largest absolute Gasteiger partial charge is 0.394 e. The molecular weight excluding hydrogens is 316 g/mol. The van der Waals surface area contributed by atoms with E-state index in [1.165, 1.54) is 6.42 Å². The van der Waals surface area contributed by atoms with Crippen LogP contribution in [0.4, 0.5) is 13.6 Å². The number of hydrogen-bond acceptors (Lipinski definition) is 3. The third kappa shape index (κ3) is 5.55. The fourth-order valence-electron chi connectivity index (χ4n) is 3.95. The molecule has 24 heavy (non-hydrogen) atoms. The van der Waals surface area contributed by atoms with Crippen LogP contribution in [0.3, 0.4) is 0 Å². The third-order valence-electron chi connectivity index (χ3n) is 5.55. The average Bonchev–Trinajstić information content (AvgIpc) is 2.57. The summed E-state index contributed by atoms with van der Waals surface area (Å²) in [5.74, 6) is 0.301. The van der Waals surface area contributed by atoms with Gasteiger partial charge < -0.3 is 15.7 Å². The summed E-state index contributed by atoms with van der Waals surface area (Å²) in [6.07, 6.45) is 4.63. The van der Waals surface area contributed by atoms with Crippen LogP contribution in [0, 0.1) is 5.92 Å². The monoisotopic (exact) mass is 347 g/mol. The van der Waals surface area contributed by atoms with E-state index in [2.05, 4.69) is 10.6 Å². The zero-order chi connectivity index (χ0) is 17.6. The predicted octanol–water partition coefficient (Wildman–Crippen LogP) is 2.35. The van der Waals surface area contributed by atoms with Gasteiger partial charge in [-0.3, -0.25) is 4.90 Å². The second-order valence-electron chi connectivity index (χ2n) is 7.47. The lowest BCUT2D eigenvalue weighted by Gasteiger charge is -2.40. The number of likely N-dealkylation sites (tertiary alicyclic amines) is 1. The summed E-state index contributed by atoms with van der Waals surface area (Å²) in [5.41, 5.74) is -0.596. The topological polar surface area (TPSA) is 64.6 Å². The van der Waals surface area contributed by atoms with Crippen molar-refractivity contribution in [2.45, 2.75) is 69.9 Å². The van der Waals surface area contributed by atoms with Gasteiger partial charge in [0, 0.05) is 19.1 Å². The van der Waals surface area contributed by atoms with E-state index in [0.29, 0.717) is 31.8 Å². The Morgan fingerprint density at radius 1 is 1.21 bits per heavy atom. The summed E-state index contributed by atoms with van der Waals surface area (Å²) in [6, 6.07) is -0.252. The maximum Gasteiger partial charge on any atom is 0.315 e. The summed E-state index contributed by atoms with van der Waals surface area (Å²) >= 11 is 0. The Bertz CT molecular complexity index is 397. The molecule has 1 atom stereocenters. The smallest absolute Gasteiger partial charge is 0.315 e. The molecule has 1 aliphatic carbocycles. The lowest BCUT2D eigenvalue weighted by molar-refractivity contribution is 0.0725. The van der Waals surface area contributed by atoms with Crippen molar-refractivity contribution in [3.63, 3.8) is 0 Å². The molecular formula is C17H31F2N3O2. The molecule has 0 spiro atoms. The number of amides is 2. The van der Waals surface area contributed by atoms with E-state index >= 15 is 0 Å². The number of nitrogens with one attached hydrogen (secondary N) is 2. The fraction of sp³-hybridized carbons (Fsp3) is 0.941. The van der Waals surface area contributed by atoms with Crippen molar-refractivity contribution >= 4 is 6.03 Å². The Kier molecular flexibility index (Phi) is 7.22. The number of carbonyl (C=O) groups excluding carboxylic acids is 1. The second-order valence-corrected chi connectivity index (χ2v) is 7.47. The second kappa shape index (κ2) is 8.94. The van der Waals surface area contributed by atoms with Gasteiger partial charge in [-0.15, -0.1) is 0 Å². The molecule has 0 bridgehead atoms. The maximum atomic E-state index is 12.4. The van der Waals surface area contributed by atoms with E-state index < -0.39 is 12.0 Å². The average molecular weight is 347 g/mol. The number of hydrogen-bond donors (Lipinski definition) is 3. The predicted molar refractivity (Wildman–Crippen MR) is 89.2 cm³/mol. The maximum absolute atomic E-state index is 12.4. The van der Waals surface area contributed by atoms with Crippen LogP contribution in [-0.2, 0) is 0 Å². The third-order valence-corrected chi connectivity index (χ3v) is 5.55. The molecule has 2 aliphatic rings. The van der Waals surface area contributed by atoms with Crippen molar-refractivity contribution < 1.29 is 18.7 Å². The number of halogens is 2. The number of aliphatic hydroxyl groups is 1. The van der Waals surface area contributed by atoms with Gasteiger partial charge in [0.05, 0.1) is 18.7 Å². The molecule has 140 valence electrons. The molecule has 1 saturated heterocycles. The van der Waals surface area contributed by atoms with Crippen LogP contribution in [-0.4, -0.2) is 60.3 Å². The summed E-state index contributed by atoms with van der Waals surface area (Å²) < 4.78 is 24.8. The van der Waals surface area contributed by atoms with Crippen molar-refractivity contribution in [2.24, 2.45) is 5.92 Å². The van der Waals surface area contributed by atoms with Crippen LogP contribution >= 0.6 is 0 Å². The number of alkyl halides is 2. The molecule has 0 radical (unpaired) electrons. The summed E-state index contributed by atoms with van der Waals surface area (Å²) in [5, 5.41) is 15.7. The Hall–Kier alpha value is -0.950. The van der Waals surface area contributed by atoms with E-state index in [1.54, 1.807) is 4.90 Å². The molecule has 0 unspecified atom stereocenters. The highest BCUT2D eigenvalue weighted by molar-refractivity contribution is 5.75. The molecule has 1 aliphatic heterocycles. The first-order valence-corrected chi connectivity index (χ1v) is 9.13. The van der Waals surface area contributed by atoms with E-state index in [-0.39, 0.29) is 25.2 Å². The molecule has 1 heterocycles. The molecule has 0 aromatic heterocycles. The van der Waals surface area contributed by atoms with Gasteiger partial charge in [-0.1, -0.05) is 19.3 Å². The molecule has 5 nitrogen and oxygen atoms in total. The van der Waals surface area contributed by atoms with Gasteiger partial charge in [0.25, 0.3) is 6.43 Å². The molecule has 1 saturated carbocycles. The summed E-state index contributed by atoms with van der Waals surface area (Å²) in [6.45, 7) is 2.80. The van der Waals surface area contributed by atoms with E-state index in [9.17, 15) is 18.7 Å². The standard InChI is InChI=1S/C17H31F2N3O2/c1-17(12-23,13-5-3-2-4-6-13)21-16(24)20-14-7-9-22(10-8-14)11-15(18)19/h13-15,23H,2-12H2,1H3,(H2,20,21,24)/t17-/m1/s1. The van der Waals surface area contributed by atoms with Crippen molar-refractivity contribution in [3.8, 4) is 0 Å². The highest BCUT2D eigenvalue weighted by Gasteiger charge is 2.36. The first-order valence-electron chi connectivity index (χ1n) is 9.13. The number of urea groups is 1. The molecule has 2 amide bonds. The van der Waals surface area contributed by atoms with Gasteiger partial charge in [0.15, 0.2) is 0 Å². The molecule has 7 heteroatoms. The minimum Gasteiger partial charge on any atom is -0.394 e. The van der Waals surface area contributed by atoms with Crippen LogP contribution < -0.4 is 10.6 Å². The van der Waals surface area contributed by atoms with Crippen molar-refractivity contribution in [3.05, 3.63) is 0 Å². The van der Waals surface area contributed by atoms with Crippen LogP contribution in [0.1, 0.15) is 51.9 Å². The number of nitrogens with zero attached hydrogens (tertiary/aromatic N) is 1. The van der Waals surface area contributed by atoms with Gasteiger partial charge in [-0.05, 0) is 38.5 Å². The van der Waals surface area contributed by atoms with Crippen molar-refractivity contribution in [1.82, 2.24) is 15.5 Å². The Morgan fingerprint density at radius 3 is 2.38 bits per heavy atom. The van der Waals surface area contributed by atoms with Gasteiger partial charge in [0.1, 0.15) is 0 Å². The normalized spacial score (nSPS) is 23.9. The number of piperidine rings is 1. The van der Waals surface area contributed by atoms with Crippen LogP contribution in [0.2, 0.25) is 0 Å². The Balaban J connectivity index is 1.77. The SMILES string of the molecule is C[C@](CO)(NC(=O)NC1CCN(CC(F)F)CC1)C1CCCCC1. The highest BCUT2D eigenvalue weighted by atomic mass is 19.3. The van der Waals surface area contributed by atoms with Crippen LogP contribution in [0.15, 0.2) is 0 Å². The van der Waals surface area contributed by atoms with Gasteiger partial charge in [-0.25, -0.2) is 13.6 Å². The van der Waals surface area contributed by atoms with Crippen LogP contribution in [0.5, 0.6) is 0 Å². The molecule has 0 aromatic carbocycles. The lowest BCUT2D eigenvalue weighted by Crippen LogP contribution is -2.59. The summed E-state index contributed by atoms with van der Waals surface area (Å²) in [7, 11) is 0. The zero-order valence-corrected chi connectivity index (χ0v) is 14.6. The highest BCUT2D eigenvalue weighted by Crippen LogP contribution is 2.32. The van der Waals surface area contributed by atoms with E-state index in [0.717, 1.165) is 25.7 Å². The summed E-state index contributed by atoms with van der Waals surface area (Å²) in [4.78, 5) is 14.1. The minimum atomic E-state index is -2.31. The minimum absolute atomic E-state index is 0.00761. The van der Waals surface area contributed by atoms with E-state index in [4.69, 9.17) is 0 Å². The van der Waals surface area contributed by atoms with E-state index in [1.807, 2.05) is 6.92 Å². The number of carbonyl (C=O) groups is 1. The molecule has 2 rings (SSSR count). The van der Waals surface area contributed by atoms with Gasteiger partial charge in [-0.2, -0.15) is 0 Å². The Labute approximate surface area is 143 Å².